The molecule has 2 rings (SSSR count). The quantitative estimate of drug-likeness (QED) is 0.774. The molecule has 0 unspecified atom stereocenters. The second-order valence-electron chi connectivity index (χ2n) is 5.33. The number of piperidine rings is 1. The van der Waals surface area contributed by atoms with Crippen LogP contribution in [0.25, 0.3) is 0 Å². The first-order chi connectivity index (χ1) is 9.04. The molecule has 0 aromatic carbocycles. The summed E-state index contributed by atoms with van der Waals surface area (Å²) in [5.41, 5.74) is 0. The summed E-state index contributed by atoms with van der Waals surface area (Å²) in [6.45, 7) is 4.31. The predicted octanol–water partition coefficient (Wildman–Crippen LogP) is 0.510. The van der Waals surface area contributed by atoms with Crippen molar-refractivity contribution in [1.82, 2.24) is 14.9 Å². The number of nitrogens with zero attached hydrogens (tertiary/aromatic N) is 1. The average molecular weight is 289 g/mol. The molecule has 1 aliphatic carbocycles. The molecular formula is C12H23N3O3S. The monoisotopic (exact) mass is 289 g/mol. The molecule has 2 N–H and O–H groups in total. The van der Waals surface area contributed by atoms with Crippen molar-refractivity contribution in [2.45, 2.75) is 37.9 Å². The first-order valence-corrected chi connectivity index (χ1v) is 8.55. The molecule has 0 aromatic rings. The second-order valence-corrected chi connectivity index (χ2v) is 7.54. The van der Waals surface area contributed by atoms with E-state index in [1.54, 1.807) is 4.31 Å². The summed E-state index contributed by atoms with van der Waals surface area (Å²) >= 11 is 0. The molecular weight excluding hydrogens is 266 g/mol. The predicted molar refractivity (Wildman–Crippen MR) is 73.3 cm³/mol. The lowest BCUT2D eigenvalue weighted by Gasteiger charge is -2.31. The van der Waals surface area contributed by atoms with Crippen molar-refractivity contribution < 1.29 is 13.2 Å². The molecule has 0 atom stereocenters. The maximum absolute atomic E-state index is 12.1. The molecule has 7 heteroatoms. The van der Waals surface area contributed by atoms with Crippen molar-refractivity contribution in [3.8, 4) is 0 Å². The lowest BCUT2D eigenvalue weighted by molar-refractivity contribution is 0.231. The molecule has 1 heterocycles. The van der Waals surface area contributed by atoms with Gasteiger partial charge in [0.25, 0.3) is 0 Å². The Labute approximate surface area is 115 Å². The molecule has 6 nitrogen and oxygen atoms in total. The van der Waals surface area contributed by atoms with Gasteiger partial charge in [0.15, 0.2) is 0 Å². The van der Waals surface area contributed by atoms with Crippen molar-refractivity contribution in [1.29, 1.82) is 0 Å². The van der Waals surface area contributed by atoms with Crippen molar-refractivity contribution in [3.63, 3.8) is 0 Å². The summed E-state index contributed by atoms with van der Waals surface area (Å²) in [6, 6.07) is -0.143. The van der Waals surface area contributed by atoms with E-state index in [2.05, 4.69) is 10.6 Å². The van der Waals surface area contributed by atoms with E-state index < -0.39 is 10.0 Å². The zero-order valence-corrected chi connectivity index (χ0v) is 12.2. The van der Waals surface area contributed by atoms with Gasteiger partial charge in [0.05, 0.1) is 5.25 Å². The van der Waals surface area contributed by atoms with Gasteiger partial charge in [-0.1, -0.05) is 0 Å². The van der Waals surface area contributed by atoms with Crippen molar-refractivity contribution in [2.24, 2.45) is 5.92 Å². The average Bonchev–Trinajstić information content (AvgIpc) is 3.22. The summed E-state index contributed by atoms with van der Waals surface area (Å²) in [5, 5.41) is 5.40. The third-order valence-electron chi connectivity index (χ3n) is 3.77. The van der Waals surface area contributed by atoms with Gasteiger partial charge in [0.2, 0.25) is 10.0 Å². The third kappa shape index (κ3) is 3.82. The Bertz CT molecular complexity index is 412. The van der Waals surface area contributed by atoms with Crippen LogP contribution in [0.5, 0.6) is 0 Å². The summed E-state index contributed by atoms with van der Waals surface area (Å²) < 4.78 is 25.7. The summed E-state index contributed by atoms with van der Waals surface area (Å²) in [7, 11) is -3.02. The molecule has 19 heavy (non-hydrogen) atoms. The van der Waals surface area contributed by atoms with Crippen LogP contribution in [0.15, 0.2) is 0 Å². The fraction of sp³-hybridized carbons (Fsp3) is 0.917. The van der Waals surface area contributed by atoms with Crippen molar-refractivity contribution in [2.75, 3.05) is 26.2 Å². The highest BCUT2D eigenvalue weighted by atomic mass is 32.2. The van der Waals surface area contributed by atoms with Crippen LogP contribution in [0.3, 0.4) is 0 Å². The lowest BCUT2D eigenvalue weighted by atomic mass is 9.98. The molecule has 2 aliphatic rings. The first-order valence-electron chi connectivity index (χ1n) is 7.04. The van der Waals surface area contributed by atoms with Crippen LogP contribution in [0.4, 0.5) is 4.79 Å². The number of sulfonamides is 1. The number of amides is 2. The van der Waals surface area contributed by atoms with Gasteiger partial charge >= 0.3 is 6.03 Å². The second kappa shape index (κ2) is 6.09. The number of carbonyl (C=O) groups is 1. The van der Waals surface area contributed by atoms with Gasteiger partial charge in [0, 0.05) is 26.2 Å². The van der Waals surface area contributed by atoms with Crippen LogP contribution in [0.1, 0.15) is 32.6 Å². The Kier molecular flexibility index (Phi) is 4.67. The number of hydrogen-bond acceptors (Lipinski definition) is 3. The normalized spacial score (nSPS) is 22.2. The number of hydrogen-bond donors (Lipinski definition) is 2. The third-order valence-corrected chi connectivity index (χ3v) is 6.17. The smallest absolute Gasteiger partial charge is 0.314 e. The van der Waals surface area contributed by atoms with Crippen LogP contribution in [0, 0.1) is 5.92 Å². The number of rotatable bonds is 5. The molecule has 0 aromatic heterocycles. The number of carbonyl (C=O) groups excluding carboxylic acids is 1. The Hall–Kier alpha value is -0.820. The van der Waals surface area contributed by atoms with E-state index in [0.717, 1.165) is 25.7 Å². The highest BCUT2D eigenvalue weighted by molar-refractivity contribution is 7.90. The summed E-state index contributed by atoms with van der Waals surface area (Å²) in [4.78, 5) is 11.3. The van der Waals surface area contributed by atoms with Gasteiger partial charge in [0.1, 0.15) is 0 Å². The largest absolute Gasteiger partial charge is 0.338 e. The fourth-order valence-corrected chi connectivity index (χ4v) is 4.28. The highest BCUT2D eigenvalue weighted by Crippen LogP contribution is 2.32. The highest BCUT2D eigenvalue weighted by Gasteiger charge is 2.41. The van der Waals surface area contributed by atoms with Gasteiger partial charge < -0.3 is 10.6 Å². The Balaban J connectivity index is 1.72. The van der Waals surface area contributed by atoms with Gasteiger partial charge in [-0.05, 0) is 38.5 Å². The van der Waals surface area contributed by atoms with E-state index >= 15 is 0 Å². The van der Waals surface area contributed by atoms with Gasteiger partial charge in [-0.2, -0.15) is 0 Å². The van der Waals surface area contributed by atoms with Crippen LogP contribution in [-0.2, 0) is 10.0 Å². The van der Waals surface area contributed by atoms with E-state index in [-0.39, 0.29) is 11.3 Å². The van der Waals surface area contributed by atoms with Crippen LogP contribution in [-0.4, -0.2) is 50.2 Å². The molecule has 0 bridgehead atoms. The number of urea groups is 1. The molecule has 1 saturated carbocycles. The molecule has 0 radical (unpaired) electrons. The van der Waals surface area contributed by atoms with E-state index in [1.165, 1.54) is 0 Å². The zero-order valence-electron chi connectivity index (χ0n) is 11.4. The Morgan fingerprint density at radius 2 is 1.79 bits per heavy atom. The molecule has 0 spiro atoms. The standard InChI is InChI=1S/C12H23N3O3S/c1-2-13-12(16)14-9-10-5-7-15(8-6-10)19(17,18)11-3-4-11/h10-11H,2-9H2,1H3,(H2,13,14,16). The maximum atomic E-state index is 12.1. The van der Waals surface area contributed by atoms with E-state index in [4.69, 9.17) is 0 Å². The minimum Gasteiger partial charge on any atom is -0.338 e. The van der Waals surface area contributed by atoms with Gasteiger partial charge in [-0.15, -0.1) is 0 Å². The molecule has 2 amide bonds. The molecule has 110 valence electrons. The molecule has 2 fully saturated rings. The van der Waals surface area contributed by atoms with Gasteiger partial charge in [-0.25, -0.2) is 17.5 Å². The maximum Gasteiger partial charge on any atom is 0.314 e. The fourth-order valence-electron chi connectivity index (χ4n) is 2.40. The summed E-state index contributed by atoms with van der Waals surface area (Å²) in [6.07, 6.45) is 3.30. The van der Waals surface area contributed by atoms with Crippen molar-refractivity contribution in [3.05, 3.63) is 0 Å². The van der Waals surface area contributed by atoms with Crippen LogP contribution in [0.2, 0.25) is 0 Å². The Morgan fingerprint density at radius 1 is 1.16 bits per heavy atom. The van der Waals surface area contributed by atoms with E-state index in [1.807, 2.05) is 6.92 Å². The topological polar surface area (TPSA) is 78.5 Å². The van der Waals surface area contributed by atoms with E-state index in [0.29, 0.717) is 32.1 Å². The number of nitrogens with one attached hydrogen (secondary N) is 2. The Morgan fingerprint density at radius 3 is 2.32 bits per heavy atom. The molecule has 1 aliphatic heterocycles. The minimum atomic E-state index is -3.02. The van der Waals surface area contributed by atoms with E-state index in [9.17, 15) is 13.2 Å². The SMILES string of the molecule is CCNC(=O)NCC1CCN(S(=O)(=O)C2CC2)CC1. The van der Waals surface area contributed by atoms with Gasteiger partial charge in [-0.3, -0.25) is 0 Å². The first kappa shape index (κ1) is 14.6. The van der Waals surface area contributed by atoms with Crippen LogP contribution >= 0.6 is 0 Å². The zero-order chi connectivity index (χ0) is 13.9. The summed E-state index contributed by atoms with van der Waals surface area (Å²) in [5.74, 6) is 0.383. The minimum absolute atomic E-state index is 0.113. The van der Waals surface area contributed by atoms with Crippen molar-refractivity contribution >= 4 is 16.1 Å². The lowest BCUT2D eigenvalue weighted by Crippen LogP contribution is -2.44. The molecule has 1 saturated heterocycles. The van der Waals surface area contributed by atoms with Crippen LogP contribution < -0.4 is 10.6 Å².